The van der Waals surface area contributed by atoms with E-state index in [0.29, 0.717) is 0 Å². The fourth-order valence-corrected chi connectivity index (χ4v) is 1.50. The zero-order valence-electron chi connectivity index (χ0n) is 8.86. The van der Waals surface area contributed by atoms with Gasteiger partial charge in [0.1, 0.15) is 0 Å². The molecule has 0 heterocycles. The smallest absolute Gasteiger partial charge is 0.269 e. The molecule has 20 heavy (non-hydrogen) atoms. The van der Waals surface area contributed by atoms with Gasteiger partial charge >= 0.3 is 30.2 Å². The molecule has 0 saturated carbocycles. The van der Waals surface area contributed by atoms with E-state index in [1.165, 1.54) is 0 Å². The molecule has 0 rings (SSSR count). The monoisotopic (exact) mass is 440 g/mol. The van der Waals surface area contributed by atoms with Gasteiger partial charge in [-0.1, -0.05) is 22.6 Å². The topological polar surface area (TPSA) is 9.23 Å². The average Bonchev–Trinajstić information content (AvgIpc) is 2.12. The van der Waals surface area contributed by atoms with E-state index in [1.54, 1.807) is 0 Å². The summed E-state index contributed by atoms with van der Waals surface area (Å²) in [5.41, 5.74) is 0. The fraction of sp³-hybridized carbons (Fsp3) is 1.00. The first-order valence-electron chi connectivity index (χ1n) is 4.36. The number of rotatable bonds is 5. The van der Waals surface area contributed by atoms with Crippen LogP contribution in [0.1, 0.15) is 6.42 Å². The van der Waals surface area contributed by atoms with Crippen LogP contribution in [0, 0.1) is 0 Å². The fourth-order valence-electron chi connectivity index (χ4n) is 0.804. The summed E-state index contributed by atoms with van der Waals surface area (Å²) < 4.78 is 136. The van der Waals surface area contributed by atoms with Crippen LogP contribution in [0.15, 0.2) is 0 Å². The van der Waals surface area contributed by atoms with Crippen molar-refractivity contribution in [1.29, 1.82) is 0 Å². The lowest BCUT2D eigenvalue weighted by Crippen LogP contribution is -2.59. The minimum absolute atomic E-state index is 0.832. The lowest BCUT2D eigenvalue weighted by Gasteiger charge is -2.34. The Morgan fingerprint density at radius 3 is 1.35 bits per heavy atom. The average molecular weight is 440 g/mol. The normalized spacial score (nSPS) is 18.0. The Kier molecular flexibility index (Phi) is 5.58. The number of hydrogen-bond acceptors (Lipinski definition) is 1. The van der Waals surface area contributed by atoms with Crippen molar-refractivity contribution in [2.45, 2.75) is 36.7 Å². The van der Waals surface area contributed by atoms with Gasteiger partial charge in [0.15, 0.2) is 0 Å². The highest BCUT2D eigenvalue weighted by atomic mass is 127. The van der Waals surface area contributed by atoms with Crippen LogP contribution in [0.5, 0.6) is 0 Å². The van der Waals surface area contributed by atoms with Crippen molar-refractivity contribution < 1.29 is 53.0 Å². The highest BCUT2D eigenvalue weighted by Gasteiger charge is 2.78. The summed E-state index contributed by atoms with van der Waals surface area (Å²) in [6, 6.07) is 0. The van der Waals surface area contributed by atoms with E-state index in [9.17, 15) is 48.3 Å². The maximum absolute atomic E-state index is 13.2. The molecule has 1 nitrogen and oxygen atoms in total. The zero-order valence-corrected chi connectivity index (χ0v) is 11.0. The molecule has 0 N–H and O–H groups in total. The molecule has 0 aliphatic carbocycles. The summed E-state index contributed by atoms with van der Waals surface area (Å²) >= 11 is 1.07. The SMILES string of the molecule is FC(F)(F)C(F)(F)C(F)(F)O[C@@](F)(CCI)C(F)(F)F. The molecule has 0 fully saturated rings. The maximum Gasteiger partial charge on any atom is 0.462 e. The van der Waals surface area contributed by atoms with E-state index in [0.717, 1.165) is 22.6 Å². The van der Waals surface area contributed by atoms with Crippen LogP contribution in [-0.4, -0.2) is 34.7 Å². The third kappa shape index (κ3) is 3.76. The molecule has 0 amide bonds. The van der Waals surface area contributed by atoms with E-state index in [1.807, 2.05) is 0 Å². The van der Waals surface area contributed by atoms with E-state index in [4.69, 9.17) is 0 Å². The number of ether oxygens (including phenoxy) is 1. The summed E-state index contributed by atoms with van der Waals surface area (Å²) in [5.74, 6) is -12.3. The predicted molar refractivity (Wildman–Crippen MR) is 50.4 cm³/mol. The van der Waals surface area contributed by atoms with Crippen molar-refractivity contribution >= 4 is 22.6 Å². The Balaban J connectivity index is 5.54. The van der Waals surface area contributed by atoms with Crippen molar-refractivity contribution in [2.24, 2.45) is 0 Å². The molecule has 0 saturated heterocycles. The van der Waals surface area contributed by atoms with Crippen LogP contribution in [0.3, 0.4) is 0 Å². The second kappa shape index (κ2) is 5.61. The number of halogens is 12. The van der Waals surface area contributed by atoms with Crippen molar-refractivity contribution in [2.75, 3.05) is 4.43 Å². The van der Waals surface area contributed by atoms with Gasteiger partial charge in [0.05, 0.1) is 0 Å². The molecular formula is C7H4F11IO. The quantitative estimate of drug-likeness (QED) is 0.338. The van der Waals surface area contributed by atoms with E-state index < -0.39 is 41.1 Å². The summed E-state index contributed by atoms with van der Waals surface area (Å²) in [5, 5.41) is 0. The van der Waals surface area contributed by atoms with Gasteiger partial charge in [0.2, 0.25) is 0 Å². The summed E-state index contributed by atoms with van der Waals surface area (Å²) in [6.45, 7) is 0. The number of alkyl halides is 12. The predicted octanol–water partition coefficient (Wildman–Crippen LogP) is 4.85. The largest absolute Gasteiger partial charge is 0.462 e. The van der Waals surface area contributed by atoms with Gasteiger partial charge in [-0.25, -0.2) is 4.39 Å². The molecule has 0 radical (unpaired) electrons. The van der Waals surface area contributed by atoms with Crippen LogP contribution >= 0.6 is 22.6 Å². The highest BCUT2D eigenvalue weighted by molar-refractivity contribution is 14.1. The van der Waals surface area contributed by atoms with E-state index >= 15 is 0 Å². The van der Waals surface area contributed by atoms with Crippen LogP contribution < -0.4 is 0 Å². The minimum atomic E-state index is -6.99. The minimum Gasteiger partial charge on any atom is -0.269 e. The van der Waals surface area contributed by atoms with Gasteiger partial charge in [-0.3, -0.25) is 4.74 Å². The van der Waals surface area contributed by atoms with Crippen LogP contribution in [0.4, 0.5) is 48.3 Å². The molecular weight excluding hydrogens is 436 g/mol. The Hall–Kier alpha value is -0.0800. The Bertz CT molecular complexity index is 335. The van der Waals surface area contributed by atoms with Crippen molar-refractivity contribution in [3.8, 4) is 0 Å². The first-order valence-corrected chi connectivity index (χ1v) is 5.88. The Morgan fingerprint density at radius 1 is 0.700 bits per heavy atom. The molecule has 0 aromatic rings. The molecule has 0 aliphatic heterocycles. The van der Waals surface area contributed by atoms with Gasteiger partial charge in [0.25, 0.3) is 0 Å². The molecule has 0 aromatic heterocycles. The number of hydrogen-bond donors (Lipinski definition) is 0. The van der Waals surface area contributed by atoms with E-state index in [-0.39, 0.29) is 0 Å². The third-order valence-corrected chi connectivity index (χ3v) is 2.39. The molecule has 0 unspecified atom stereocenters. The molecule has 0 spiro atoms. The maximum atomic E-state index is 13.2. The molecule has 13 heteroatoms. The molecule has 0 aliphatic rings. The summed E-state index contributed by atoms with van der Waals surface area (Å²) in [7, 11) is 0. The lowest BCUT2D eigenvalue weighted by molar-refractivity contribution is -0.483. The van der Waals surface area contributed by atoms with Crippen molar-refractivity contribution in [3.63, 3.8) is 0 Å². The molecule has 122 valence electrons. The first kappa shape index (κ1) is 19.9. The molecule has 0 bridgehead atoms. The lowest BCUT2D eigenvalue weighted by atomic mass is 10.2. The second-order valence-corrected chi connectivity index (χ2v) is 4.43. The van der Waals surface area contributed by atoms with Gasteiger partial charge in [-0.15, -0.1) is 0 Å². The Morgan fingerprint density at radius 2 is 1.10 bits per heavy atom. The van der Waals surface area contributed by atoms with Crippen LogP contribution in [0.2, 0.25) is 0 Å². The summed E-state index contributed by atoms with van der Waals surface area (Å²) in [4.78, 5) is 0. The Labute approximate surface area is 117 Å². The zero-order chi connectivity index (χ0) is 16.6. The standard InChI is InChI=1S/C7H4F11IO/c8-3(1-2-19,5(11,12)13)20-7(17,18)4(9,10)6(14,15)16/h1-2H2/t3-/m0/s1. The van der Waals surface area contributed by atoms with Gasteiger partial charge in [0, 0.05) is 10.8 Å². The van der Waals surface area contributed by atoms with Gasteiger partial charge in [-0.05, 0) is 0 Å². The third-order valence-electron chi connectivity index (χ3n) is 1.85. The van der Waals surface area contributed by atoms with Gasteiger partial charge in [-0.2, -0.15) is 43.9 Å². The molecule has 1 atom stereocenters. The summed E-state index contributed by atoms with van der Waals surface area (Å²) in [6.07, 6.45) is -21.8. The van der Waals surface area contributed by atoms with Crippen molar-refractivity contribution in [1.82, 2.24) is 0 Å². The van der Waals surface area contributed by atoms with E-state index in [2.05, 4.69) is 4.74 Å². The highest BCUT2D eigenvalue weighted by Crippen LogP contribution is 2.51. The second-order valence-electron chi connectivity index (χ2n) is 3.36. The van der Waals surface area contributed by atoms with Crippen LogP contribution in [-0.2, 0) is 4.74 Å². The van der Waals surface area contributed by atoms with Gasteiger partial charge < -0.3 is 0 Å². The van der Waals surface area contributed by atoms with Crippen LogP contribution in [0.25, 0.3) is 0 Å². The van der Waals surface area contributed by atoms with Crippen molar-refractivity contribution in [3.05, 3.63) is 0 Å². The first-order chi connectivity index (χ1) is 8.52. The molecule has 0 aromatic carbocycles.